The third kappa shape index (κ3) is 4.18. The number of rotatable bonds is 7. The topological polar surface area (TPSA) is 109 Å². The molecule has 8 heteroatoms. The van der Waals surface area contributed by atoms with Gasteiger partial charge in [0.1, 0.15) is 17.6 Å². The molecule has 0 aliphatic rings. The van der Waals surface area contributed by atoms with Gasteiger partial charge in [-0.3, -0.25) is 10.1 Å². The van der Waals surface area contributed by atoms with Crippen molar-refractivity contribution in [1.82, 2.24) is 9.88 Å². The van der Waals surface area contributed by atoms with Crippen LogP contribution in [0.25, 0.3) is 0 Å². The van der Waals surface area contributed by atoms with Gasteiger partial charge in [0.2, 0.25) is 0 Å². The molecule has 104 valence electrons. The summed E-state index contributed by atoms with van der Waals surface area (Å²) in [5.74, 6) is -1.03. The Kier molecular flexibility index (Phi) is 5.19. The number of anilines is 1. The first-order valence-electron chi connectivity index (χ1n) is 5.75. The van der Waals surface area contributed by atoms with E-state index < -0.39 is 16.6 Å². The van der Waals surface area contributed by atoms with Gasteiger partial charge in [-0.25, -0.2) is 9.78 Å². The Morgan fingerprint density at radius 1 is 1.63 bits per heavy atom. The highest BCUT2D eigenvalue weighted by Gasteiger charge is 2.20. The second kappa shape index (κ2) is 6.64. The van der Waals surface area contributed by atoms with E-state index in [1.807, 2.05) is 14.0 Å². The normalized spacial score (nSPS) is 10.5. The summed E-state index contributed by atoms with van der Waals surface area (Å²) in [6.07, 6.45) is 0.954. The molecule has 0 saturated carbocycles. The number of aromatic nitrogens is 1. The smallest absolute Gasteiger partial charge is 0.342 e. The lowest BCUT2D eigenvalue weighted by molar-refractivity contribution is -0.385. The molecule has 2 N–H and O–H groups in total. The predicted molar refractivity (Wildman–Crippen MR) is 69.5 cm³/mol. The summed E-state index contributed by atoms with van der Waals surface area (Å²) in [7, 11) is 1.95. The Labute approximate surface area is 110 Å². The Bertz CT molecular complexity index is 478. The fourth-order valence-corrected chi connectivity index (χ4v) is 1.39. The van der Waals surface area contributed by atoms with Crippen LogP contribution >= 0.6 is 0 Å². The molecule has 0 fully saturated rings. The van der Waals surface area contributed by atoms with Crippen molar-refractivity contribution in [1.29, 1.82) is 0 Å². The molecule has 0 unspecified atom stereocenters. The number of likely N-dealkylation sites (N-methyl/N-ethyl adjacent to an activating group) is 1. The number of aromatic carboxylic acids is 1. The van der Waals surface area contributed by atoms with Gasteiger partial charge < -0.3 is 15.3 Å². The number of carbonyl (C=O) groups is 1. The van der Waals surface area contributed by atoms with Gasteiger partial charge in [-0.2, -0.15) is 0 Å². The average Bonchev–Trinajstić information content (AvgIpc) is 2.38. The first-order valence-corrected chi connectivity index (χ1v) is 5.75. The van der Waals surface area contributed by atoms with Crippen molar-refractivity contribution in [3.05, 3.63) is 27.9 Å². The molecule has 0 aromatic carbocycles. The van der Waals surface area contributed by atoms with E-state index in [2.05, 4.69) is 15.2 Å². The average molecular weight is 268 g/mol. The molecule has 8 nitrogen and oxygen atoms in total. The largest absolute Gasteiger partial charge is 0.477 e. The molecule has 0 amide bonds. The van der Waals surface area contributed by atoms with Crippen LogP contribution in [0.15, 0.2) is 12.3 Å². The van der Waals surface area contributed by atoms with Crippen LogP contribution < -0.4 is 5.32 Å². The van der Waals surface area contributed by atoms with E-state index in [0.717, 1.165) is 19.3 Å². The molecular weight excluding hydrogens is 252 g/mol. The Hall–Kier alpha value is -2.22. The summed E-state index contributed by atoms with van der Waals surface area (Å²) in [5, 5.41) is 22.5. The molecule has 19 heavy (non-hydrogen) atoms. The number of carboxylic acid groups (broad SMARTS) is 1. The summed E-state index contributed by atoms with van der Waals surface area (Å²) >= 11 is 0. The van der Waals surface area contributed by atoms with Gasteiger partial charge in [-0.15, -0.1) is 0 Å². The van der Waals surface area contributed by atoms with Crippen molar-refractivity contribution in [3.8, 4) is 0 Å². The molecule has 0 aliphatic carbocycles. The van der Waals surface area contributed by atoms with Crippen LogP contribution in [0.5, 0.6) is 0 Å². The van der Waals surface area contributed by atoms with Crippen molar-refractivity contribution < 1.29 is 14.8 Å². The van der Waals surface area contributed by atoms with E-state index in [9.17, 15) is 14.9 Å². The van der Waals surface area contributed by atoms with Gasteiger partial charge >= 0.3 is 11.7 Å². The van der Waals surface area contributed by atoms with Crippen molar-refractivity contribution in [2.24, 2.45) is 0 Å². The lowest BCUT2D eigenvalue weighted by Gasteiger charge is -2.14. The van der Waals surface area contributed by atoms with Gasteiger partial charge in [0, 0.05) is 19.2 Å². The fraction of sp³-hybridized carbons (Fsp3) is 0.455. The molecule has 0 saturated heterocycles. The molecule has 0 aliphatic heterocycles. The van der Waals surface area contributed by atoms with Gasteiger partial charge in [-0.05, 0) is 13.6 Å². The van der Waals surface area contributed by atoms with Crippen LogP contribution in [0, 0.1) is 10.1 Å². The standard InChI is InChI=1S/C11H16N4O4/c1-3-14(2)5-4-12-10-6-8(11(16)17)9(7-13-10)15(18)19/h6-7H,3-5H2,1-2H3,(H,12,13)(H,16,17). The second-order valence-electron chi connectivity index (χ2n) is 3.97. The van der Waals surface area contributed by atoms with E-state index in [-0.39, 0.29) is 5.56 Å². The molecule has 0 bridgehead atoms. The number of hydrogen-bond acceptors (Lipinski definition) is 6. The molecule has 1 heterocycles. The molecule has 0 spiro atoms. The summed E-state index contributed by atoms with van der Waals surface area (Å²) in [5.41, 5.74) is -0.880. The molecule has 1 aromatic heterocycles. The Balaban J connectivity index is 2.79. The van der Waals surface area contributed by atoms with Gasteiger partial charge in [0.05, 0.1) is 4.92 Å². The quantitative estimate of drug-likeness (QED) is 0.562. The van der Waals surface area contributed by atoms with Crippen LogP contribution in [0.3, 0.4) is 0 Å². The zero-order chi connectivity index (χ0) is 14.4. The van der Waals surface area contributed by atoms with Crippen LogP contribution in [-0.2, 0) is 0 Å². The van der Waals surface area contributed by atoms with Gasteiger partial charge in [0.25, 0.3) is 0 Å². The molecule has 0 atom stereocenters. The van der Waals surface area contributed by atoms with E-state index in [1.165, 1.54) is 6.07 Å². The zero-order valence-corrected chi connectivity index (χ0v) is 10.8. The van der Waals surface area contributed by atoms with Crippen LogP contribution in [0.2, 0.25) is 0 Å². The van der Waals surface area contributed by atoms with Gasteiger partial charge in [0.15, 0.2) is 0 Å². The maximum atomic E-state index is 10.9. The highest BCUT2D eigenvalue weighted by atomic mass is 16.6. The first-order chi connectivity index (χ1) is 8.95. The van der Waals surface area contributed by atoms with E-state index in [4.69, 9.17) is 5.11 Å². The van der Waals surface area contributed by atoms with Crippen molar-refractivity contribution in [2.45, 2.75) is 6.92 Å². The van der Waals surface area contributed by atoms with Gasteiger partial charge in [-0.1, -0.05) is 6.92 Å². The summed E-state index contributed by atoms with van der Waals surface area (Å²) in [6, 6.07) is 1.17. The number of nitro groups is 1. The predicted octanol–water partition coefficient (Wildman–Crippen LogP) is 1.05. The van der Waals surface area contributed by atoms with E-state index in [0.29, 0.717) is 12.4 Å². The molecule has 1 rings (SSSR count). The Morgan fingerprint density at radius 3 is 2.84 bits per heavy atom. The lowest BCUT2D eigenvalue weighted by atomic mass is 10.2. The summed E-state index contributed by atoms with van der Waals surface area (Å²) in [6.45, 7) is 4.26. The number of carboxylic acids is 1. The second-order valence-corrected chi connectivity index (χ2v) is 3.97. The Morgan fingerprint density at radius 2 is 2.32 bits per heavy atom. The van der Waals surface area contributed by atoms with Crippen molar-refractivity contribution in [3.63, 3.8) is 0 Å². The molecule has 1 aromatic rings. The fourth-order valence-electron chi connectivity index (χ4n) is 1.39. The number of nitrogens with one attached hydrogen (secondary N) is 1. The number of hydrogen-bond donors (Lipinski definition) is 2. The highest BCUT2D eigenvalue weighted by Crippen LogP contribution is 2.19. The number of nitrogens with zero attached hydrogens (tertiary/aromatic N) is 3. The summed E-state index contributed by atoms with van der Waals surface area (Å²) < 4.78 is 0. The third-order valence-electron chi connectivity index (χ3n) is 2.65. The molecular formula is C11H16N4O4. The minimum Gasteiger partial charge on any atom is -0.477 e. The van der Waals surface area contributed by atoms with Crippen LogP contribution in [-0.4, -0.2) is 52.6 Å². The van der Waals surface area contributed by atoms with Crippen molar-refractivity contribution >= 4 is 17.5 Å². The van der Waals surface area contributed by atoms with E-state index >= 15 is 0 Å². The maximum absolute atomic E-state index is 10.9. The minimum atomic E-state index is -1.34. The number of pyridine rings is 1. The minimum absolute atomic E-state index is 0.313. The summed E-state index contributed by atoms with van der Waals surface area (Å²) in [4.78, 5) is 26.7. The highest BCUT2D eigenvalue weighted by molar-refractivity contribution is 5.93. The zero-order valence-electron chi connectivity index (χ0n) is 10.8. The lowest BCUT2D eigenvalue weighted by Crippen LogP contribution is -2.25. The monoisotopic (exact) mass is 268 g/mol. The first kappa shape index (κ1) is 14.8. The van der Waals surface area contributed by atoms with Crippen molar-refractivity contribution in [2.75, 3.05) is 32.0 Å². The maximum Gasteiger partial charge on any atom is 0.342 e. The SMILES string of the molecule is CCN(C)CCNc1cc(C(=O)O)c([N+](=O)[O-])cn1. The van der Waals surface area contributed by atoms with E-state index in [1.54, 1.807) is 0 Å². The van der Waals surface area contributed by atoms with Crippen LogP contribution in [0.4, 0.5) is 11.5 Å². The van der Waals surface area contributed by atoms with Crippen LogP contribution in [0.1, 0.15) is 17.3 Å². The molecule has 0 radical (unpaired) electrons. The third-order valence-corrected chi connectivity index (χ3v) is 2.65.